The van der Waals surface area contributed by atoms with Crippen molar-refractivity contribution >= 4 is 33.4 Å². The van der Waals surface area contributed by atoms with Gasteiger partial charge in [0, 0.05) is 22.1 Å². The Labute approximate surface area is 120 Å². The molecule has 18 heavy (non-hydrogen) atoms. The number of rotatable bonds is 2. The molecule has 1 aromatic rings. The zero-order chi connectivity index (χ0) is 13.1. The molecule has 1 fully saturated rings. The van der Waals surface area contributed by atoms with E-state index in [0.717, 1.165) is 23.9 Å². The van der Waals surface area contributed by atoms with Crippen LogP contribution in [0.5, 0.6) is 0 Å². The van der Waals surface area contributed by atoms with E-state index in [9.17, 15) is 4.79 Å². The average Bonchev–Trinajstić information content (AvgIpc) is 2.35. The Morgan fingerprint density at radius 3 is 3.00 bits per heavy atom. The van der Waals surface area contributed by atoms with Crippen LogP contribution in [0.1, 0.15) is 30.1 Å². The molecule has 98 valence electrons. The molecule has 3 nitrogen and oxygen atoms in total. The highest BCUT2D eigenvalue weighted by Crippen LogP contribution is 2.23. The lowest BCUT2D eigenvalue weighted by atomic mass is 9.99. The van der Waals surface area contributed by atoms with Crippen molar-refractivity contribution in [1.82, 2.24) is 10.6 Å². The van der Waals surface area contributed by atoms with E-state index in [-0.39, 0.29) is 11.9 Å². The monoisotopic (exact) mass is 330 g/mol. The van der Waals surface area contributed by atoms with Gasteiger partial charge in [0.1, 0.15) is 0 Å². The van der Waals surface area contributed by atoms with Gasteiger partial charge in [-0.15, -0.1) is 0 Å². The minimum atomic E-state index is -0.0482. The topological polar surface area (TPSA) is 41.1 Å². The van der Waals surface area contributed by atoms with E-state index in [1.807, 2.05) is 0 Å². The van der Waals surface area contributed by atoms with Crippen LogP contribution in [0, 0.1) is 0 Å². The molecule has 0 aliphatic carbocycles. The second-order valence-electron chi connectivity index (χ2n) is 4.59. The fourth-order valence-corrected chi connectivity index (χ4v) is 2.63. The summed E-state index contributed by atoms with van der Waals surface area (Å²) in [5.41, 5.74) is 0.629. The first-order valence-corrected chi connectivity index (χ1v) is 7.24. The number of nitrogens with one attached hydrogen (secondary N) is 2. The molecule has 0 aromatic heterocycles. The summed E-state index contributed by atoms with van der Waals surface area (Å²) in [5.74, 6) is -0.0482. The molecule has 1 amide bonds. The SMILES string of the molecule is CC1NCCCC1NC(=O)c1ccc(Cl)c(Br)c1. The van der Waals surface area contributed by atoms with Gasteiger partial charge in [0.25, 0.3) is 5.91 Å². The average molecular weight is 332 g/mol. The molecule has 2 unspecified atom stereocenters. The summed E-state index contributed by atoms with van der Waals surface area (Å²) in [7, 11) is 0. The zero-order valence-electron chi connectivity index (χ0n) is 10.2. The Kier molecular flexibility index (Phi) is 4.65. The van der Waals surface area contributed by atoms with E-state index in [0.29, 0.717) is 16.6 Å². The molecule has 1 aromatic carbocycles. The molecule has 2 rings (SSSR count). The van der Waals surface area contributed by atoms with E-state index >= 15 is 0 Å². The highest BCUT2D eigenvalue weighted by molar-refractivity contribution is 9.10. The molecule has 0 radical (unpaired) electrons. The van der Waals surface area contributed by atoms with Crippen molar-refractivity contribution in [3.63, 3.8) is 0 Å². The maximum absolute atomic E-state index is 12.1. The van der Waals surface area contributed by atoms with Crippen molar-refractivity contribution in [3.05, 3.63) is 33.3 Å². The van der Waals surface area contributed by atoms with Crippen molar-refractivity contribution in [2.24, 2.45) is 0 Å². The van der Waals surface area contributed by atoms with Gasteiger partial charge in [-0.05, 0) is 60.4 Å². The Morgan fingerprint density at radius 2 is 2.33 bits per heavy atom. The van der Waals surface area contributed by atoms with Gasteiger partial charge in [0.05, 0.1) is 5.02 Å². The number of amides is 1. The molecule has 0 bridgehead atoms. The van der Waals surface area contributed by atoms with Crippen molar-refractivity contribution in [2.75, 3.05) is 6.54 Å². The Morgan fingerprint density at radius 1 is 1.56 bits per heavy atom. The number of hydrogen-bond acceptors (Lipinski definition) is 2. The standard InChI is InChI=1S/C13H16BrClN2O/c1-8-12(3-2-6-16-8)17-13(18)9-4-5-11(15)10(14)7-9/h4-5,7-8,12,16H,2-3,6H2,1H3,(H,17,18). The molecule has 0 spiro atoms. The lowest BCUT2D eigenvalue weighted by Crippen LogP contribution is -2.51. The van der Waals surface area contributed by atoms with Gasteiger partial charge >= 0.3 is 0 Å². The first kappa shape index (κ1) is 13.8. The van der Waals surface area contributed by atoms with E-state index < -0.39 is 0 Å². The molecule has 2 atom stereocenters. The second kappa shape index (κ2) is 6.04. The lowest BCUT2D eigenvalue weighted by Gasteiger charge is -2.30. The van der Waals surface area contributed by atoms with Gasteiger partial charge in [-0.25, -0.2) is 0 Å². The number of piperidine rings is 1. The summed E-state index contributed by atoms with van der Waals surface area (Å²) in [6.45, 7) is 3.13. The number of carbonyl (C=O) groups excluding carboxylic acids is 1. The summed E-state index contributed by atoms with van der Waals surface area (Å²) >= 11 is 9.24. The van der Waals surface area contributed by atoms with Crippen molar-refractivity contribution in [2.45, 2.75) is 31.8 Å². The first-order valence-electron chi connectivity index (χ1n) is 6.07. The fraction of sp³-hybridized carbons (Fsp3) is 0.462. The third-order valence-corrected chi connectivity index (χ3v) is 4.47. The fourth-order valence-electron chi connectivity index (χ4n) is 2.13. The van der Waals surface area contributed by atoms with Crippen LogP contribution >= 0.6 is 27.5 Å². The van der Waals surface area contributed by atoms with Crippen LogP contribution < -0.4 is 10.6 Å². The molecule has 2 N–H and O–H groups in total. The third kappa shape index (κ3) is 3.25. The molecule has 1 aliphatic heterocycles. The van der Waals surface area contributed by atoms with Crippen molar-refractivity contribution < 1.29 is 4.79 Å². The number of hydrogen-bond donors (Lipinski definition) is 2. The smallest absolute Gasteiger partial charge is 0.251 e. The molecule has 5 heteroatoms. The van der Waals surface area contributed by atoms with E-state index in [4.69, 9.17) is 11.6 Å². The largest absolute Gasteiger partial charge is 0.348 e. The Balaban J connectivity index is 2.04. The summed E-state index contributed by atoms with van der Waals surface area (Å²) in [4.78, 5) is 12.1. The summed E-state index contributed by atoms with van der Waals surface area (Å²) in [6, 6.07) is 5.73. The highest BCUT2D eigenvalue weighted by Gasteiger charge is 2.22. The lowest BCUT2D eigenvalue weighted by molar-refractivity contribution is 0.0920. The number of carbonyl (C=O) groups is 1. The van der Waals surface area contributed by atoms with Gasteiger partial charge < -0.3 is 10.6 Å². The van der Waals surface area contributed by atoms with Crippen LogP contribution in [0.2, 0.25) is 5.02 Å². The minimum Gasteiger partial charge on any atom is -0.348 e. The quantitative estimate of drug-likeness (QED) is 0.875. The van der Waals surface area contributed by atoms with Crippen molar-refractivity contribution in [1.29, 1.82) is 0 Å². The van der Waals surface area contributed by atoms with Crippen LogP contribution in [0.3, 0.4) is 0 Å². The zero-order valence-corrected chi connectivity index (χ0v) is 12.5. The van der Waals surface area contributed by atoms with E-state index in [1.54, 1.807) is 18.2 Å². The first-order chi connectivity index (χ1) is 8.58. The van der Waals surface area contributed by atoms with Gasteiger partial charge in [0.15, 0.2) is 0 Å². The molecule has 0 saturated carbocycles. The summed E-state index contributed by atoms with van der Waals surface area (Å²) in [5, 5.41) is 7.04. The van der Waals surface area contributed by atoms with Crippen LogP contribution in [0.15, 0.2) is 22.7 Å². The minimum absolute atomic E-state index is 0.0482. The van der Waals surface area contributed by atoms with E-state index in [2.05, 4.69) is 33.5 Å². The van der Waals surface area contributed by atoms with Crippen LogP contribution in [-0.2, 0) is 0 Å². The van der Waals surface area contributed by atoms with Gasteiger partial charge in [-0.3, -0.25) is 4.79 Å². The van der Waals surface area contributed by atoms with Crippen molar-refractivity contribution in [3.8, 4) is 0 Å². The molecule has 1 aliphatic rings. The number of halogens is 2. The normalized spacial score (nSPS) is 23.7. The third-order valence-electron chi connectivity index (χ3n) is 3.26. The number of benzene rings is 1. The molecular formula is C13H16BrClN2O. The summed E-state index contributed by atoms with van der Waals surface area (Å²) in [6.07, 6.45) is 2.12. The predicted octanol–water partition coefficient (Wildman–Crippen LogP) is 2.97. The summed E-state index contributed by atoms with van der Waals surface area (Å²) < 4.78 is 0.742. The van der Waals surface area contributed by atoms with Crippen LogP contribution in [-0.4, -0.2) is 24.5 Å². The van der Waals surface area contributed by atoms with Gasteiger partial charge in [-0.1, -0.05) is 11.6 Å². The van der Waals surface area contributed by atoms with Crippen LogP contribution in [0.4, 0.5) is 0 Å². The maximum atomic E-state index is 12.1. The predicted molar refractivity (Wildman–Crippen MR) is 77.1 cm³/mol. The highest BCUT2D eigenvalue weighted by atomic mass is 79.9. The van der Waals surface area contributed by atoms with Gasteiger partial charge in [-0.2, -0.15) is 0 Å². The second-order valence-corrected chi connectivity index (χ2v) is 5.86. The molecular weight excluding hydrogens is 316 g/mol. The Bertz CT molecular complexity index is 453. The molecule has 1 heterocycles. The maximum Gasteiger partial charge on any atom is 0.251 e. The van der Waals surface area contributed by atoms with Gasteiger partial charge in [0.2, 0.25) is 0 Å². The van der Waals surface area contributed by atoms with E-state index in [1.165, 1.54) is 0 Å². The molecule has 1 saturated heterocycles. The Hall–Kier alpha value is -0.580. The van der Waals surface area contributed by atoms with Crippen LogP contribution in [0.25, 0.3) is 0 Å².